The van der Waals surface area contributed by atoms with Crippen LogP contribution in [-0.4, -0.2) is 5.91 Å². The average Bonchev–Trinajstić information content (AvgIpc) is 3.15. The molecule has 0 atom stereocenters. The summed E-state index contributed by atoms with van der Waals surface area (Å²) in [6, 6.07) is 9.83. The zero-order valence-corrected chi connectivity index (χ0v) is 14.9. The summed E-state index contributed by atoms with van der Waals surface area (Å²) < 4.78 is 5.67. The fraction of sp³-hybridized carbons (Fsp3) is 0.250. The highest BCUT2D eigenvalue weighted by molar-refractivity contribution is 5.96. The molecule has 1 heterocycles. The monoisotopic (exact) mass is 356 g/mol. The Morgan fingerprint density at radius 3 is 2.76 bits per heavy atom. The smallest absolute Gasteiger partial charge is 0.228 e. The Hall–Kier alpha value is -2.46. The van der Waals surface area contributed by atoms with Gasteiger partial charge in [-0.3, -0.25) is 4.79 Å². The average molecular weight is 357 g/mol. The largest absolute Gasteiger partial charge is 0.464 e. The van der Waals surface area contributed by atoms with E-state index in [2.05, 4.69) is 17.4 Å². The number of anilines is 2. The molecule has 0 saturated carbocycles. The molecule has 1 aliphatic carbocycles. The van der Waals surface area contributed by atoms with E-state index >= 15 is 0 Å². The Bertz CT molecular complexity index is 946. The number of nitrogens with two attached hydrogens (primary N) is 1. The lowest BCUT2D eigenvalue weighted by molar-refractivity contribution is -0.115. The van der Waals surface area contributed by atoms with Crippen molar-refractivity contribution in [1.29, 1.82) is 0 Å². The quantitative estimate of drug-likeness (QED) is 0.683. The summed E-state index contributed by atoms with van der Waals surface area (Å²) in [5, 5.41) is 4.00. The van der Waals surface area contributed by atoms with E-state index < -0.39 is 0 Å². The van der Waals surface area contributed by atoms with Gasteiger partial charge < -0.3 is 15.5 Å². The third kappa shape index (κ3) is 3.35. The molecule has 0 fully saturated rings. The Labute approximate surface area is 152 Å². The standard InChI is InChI=1S/C20H20N2O2.ClH/c1-12-5-6-16(21)10-18(12)22-20(23)9-15-11-24-19-8-14-4-2-3-13(14)7-17(15)19;/h5-8,10-11H,2-4,9,21H2,1H3,(H,22,23);1H. The van der Waals surface area contributed by atoms with E-state index in [-0.39, 0.29) is 18.3 Å². The SMILES string of the molecule is Cc1ccc(N)cc1NC(=O)Cc1coc2cc3c(cc12)CCC3.Cl. The van der Waals surface area contributed by atoms with Gasteiger partial charge in [-0.1, -0.05) is 6.07 Å². The molecule has 4 rings (SSSR count). The molecule has 1 amide bonds. The van der Waals surface area contributed by atoms with Crippen molar-refractivity contribution in [3.63, 3.8) is 0 Å². The lowest BCUT2D eigenvalue weighted by atomic mass is 10.0. The highest BCUT2D eigenvalue weighted by Gasteiger charge is 2.17. The summed E-state index contributed by atoms with van der Waals surface area (Å²) >= 11 is 0. The molecule has 0 aliphatic heterocycles. The zero-order chi connectivity index (χ0) is 16.7. The van der Waals surface area contributed by atoms with Gasteiger partial charge in [-0.25, -0.2) is 0 Å². The lowest BCUT2D eigenvalue weighted by Gasteiger charge is -2.09. The highest BCUT2D eigenvalue weighted by atomic mass is 35.5. The molecule has 25 heavy (non-hydrogen) atoms. The molecule has 0 bridgehead atoms. The van der Waals surface area contributed by atoms with Crippen LogP contribution < -0.4 is 11.1 Å². The molecule has 2 aromatic carbocycles. The molecule has 0 radical (unpaired) electrons. The summed E-state index contributed by atoms with van der Waals surface area (Å²) in [4.78, 5) is 12.4. The maximum Gasteiger partial charge on any atom is 0.228 e. The van der Waals surface area contributed by atoms with E-state index in [1.54, 1.807) is 12.3 Å². The van der Waals surface area contributed by atoms with E-state index in [1.807, 2.05) is 19.1 Å². The van der Waals surface area contributed by atoms with Crippen molar-refractivity contribution in [2.75, 3.05) is 11.1 Å². The van der Waals surface area contributed by atoms with Crippen molar-refractivity contribution >= 4 is 40.7 Å². The van der Waals surface area contributed by atoms with Crippen LogP contribution in [0.2, 0.25) is 0 Å². The number of fused-ring (bicyclic) bond motifs is 2. The van der Waals surface area contributed by atoms with Crippen molar-refractivity contribution in [1.82, 2.24) is 0 Å². The van der Waals surface area contributed by atoms with Crippen molar-refractivity contribution in [3.8, 4) is 0 Å². The number of nitrogen functional groups attached to an aromatic ring is 1. The molecular weight excluding hydrogens is 336 g/mol. The first-order valence-corrected chi connectivity index (χ1v) is 8.28. The molecule has 1 aromatic heterocycles. The molecule has 0 unspecified atom stereocenters. The van der Waals surface area contributed by atoms with Crippen LogP contribution in [0.15, 0.2) is 41.0 Å². The van der Waals surface area contributed by atoms with Gasteiger partial charge in [0.25, 0.3) is 0 Å². The summed E-state index contributed by atoms with van der Waals surface area (Å²) in [5.74, 6) is -0.0631. The van der Waals surface area contributed by atoms with Gasteiger partial charge in [0.05, 0.1) is 12.7 Å². The van der Waals surface area contributed by atoms with Crippen LogP contribution in [0.25, 0.3) is 11.0 Å². The number of halogens is 1. The molecule has 4 nitrogen and oxygen atoms in total. The lowest BCUT2D eigenvalue weighted by Crippen LogP contribution is -2.15. The third-order valence-corrected chi connectivity index (χ3v) is 4.75. The number of aryl methyl sites for hydroxylation is 3. The summed E-state index contributed by atoms with van der Waals surface area (Å²) in [5.41, 5.74) is 12.8. The number of hydrogen-bond donors (Lipinski definition) is 2. The van der Waals surface area contributed by atoms with Crippen LogP contribution in [0.4, 0.5) is 11.4 Å². The molecular formula is C20H21ClN2O2. The number of amides is 1. The number of nitrogens with one attached hydrogen (secondary N) is 1. The van der Waals surface area contributed by atoms with Gasteiger partial charge in [0.1, 0.15) is 5.58 Å². The first kappa shape index (κ1) is 17.4. The Balaban J connectivity index is 0.00000182. The molecule has 3 aromatic rings. The Kier molecular flexibility index (Phi) is 4.73. The van der Waals surface area contributed by atoms with Gasteiger partial charge in [0.15, 0.2) is 0 Å². The zero-order valence-electron chi connectivity index (χ0n) is 14.1. The van der Waals surface area contributed by atoms with Crippen molar-refractivity contribution in [3.05, 3.63) is 58.8 Å². The van der Waals surface area contributed by atoms with Gasteiger partial charge >= 0.3 is 0 Å². The predicted molar refractivity (Wildman–Crippen MR) is 103 cm³/mol. The second-order valence-corrected chi connectivity index (χ2v) is 6.53. The van der Waals surface area contributed by atoms with Gasteiger partial charge in [0, 0.05) is 22.3 Å². The van der Waals surface area contributed by atoms with Crippen LogP contribution in [0.3, 0.4) is 0 Å². The minimum Gasteiger partial charge on any atom is -0.464 e. The molecule has 5 heteroatoms. The van der Waals surface area contributed by atoms with E-state index in [9.17, 15) is 4.79 Å². The Morgan fingerprint density at radius 2 is 1.96 bits per heavy atom. The summed E-state index contributed by atoms with van der Waals surface area (Å²) in [6.07, 6.45) is 5.43. The van der Waals surface area contributed by atoms with Crippen LogP contribution >= 0.6 is 12.4 Å². The minimum atomic E-state index is -0.0631. The van der Waals surface area contributed by atoms with Crippen molar-refractivity contribution in [2.45, 2.75) is 32.6 Å². The molecule has 0 saturated heterocycles. The molecule has 130 valence electrons. The van der Waals surface area contributed by atoms with Crippen LogP contribution in [0, 0.1) is 6.92 Å². The number of benzene rings is 2. The van der Waals surface area contributed by atoms with Crippen LogP contribution in [-0.2, 0) is 24.1 Å². The van der Waals surface area contributed by atoms with E-state index in [4.69, 9.17) is 10.2 Å². The van der Waals surface area contributed by atoms with Crippen LogP contribution in [0.5, 0.6) is 0 Å². The van der Waals surface area contributed by atoms with E-state index in [1.165, 1.54) is 17.5 Å². The fourth-order valence-corrected chi connectivity index (χ4v) is 3.43. The van der Waals surface area contributed by atoms with Gasteiger partial charge in [-0.2, -0.15) is 0 Å². The van der Waals surface area contributed by atoms with Gasteiger partial charge in [-0.05, 0) is 67.1 Å². The molecule has 1 aliphatic rings. The van der Waals surface area contributed by atoms with Crippen LogP contribution in [0.1, 0.15) is 28.7 Å². The number of hydrogen-bond acceptors (Lipinski definition) is 3. The van der Waals surface area contributed by atoms with Crippen molar-refractivity contribution < 1.29 is 9.21 Å². The number of carbonyl (C=O) groups is 1. The van der Waals surface area contributed by atoms with E-state index in [0.29, 0.717) is 12.1 Å². The topological polar surface area (TPSA) is 68.3 Å². The van der Waals surface area contributed by atoms with Gasteiger partial charge in [-0.15, -0.1) is 12.4 Å². The van der Waals surface area contributed by atoms with Crippen molar-refractivity contribution in [2.24, 2.45) is 0 Å². The second kappa shape index (κ2) is 6.81. The first-order chi connectivity index (χ1) is 11.6. The molecule has 3 N–H and O–H groups in total. The Morgan fingerprint density at radius 1 is 1.20 bits per heavy atom. The fourth-order valence-electron chi connectivity index (χ4n) is 3.43. The number of carbonyl (C=O) groups excluding carboxylic acids is 1. The first-order valence-electron chi connectivity index (χ1n) is 8.28. The summed E-state index contributed by atoms with van der Waals surface area (Å²) in [6.45, 7) is 1.95. The highest BCUT2D eigenvalue weighted by Crippen LogP contribution is 2.30. The minimum absolute atomic E-state index is 0. The van der Waals surface area contributed by atoms with Gasteiger partial charge in [0.2, 0.25) is 5.91 Å². The second-order valence-electron chi connectivity index (χ2n) is 6.53. The number of rotatable bonds is 3. The summed E-state index contributed by atoms with van der Waals surface area (Å²) in [7, 11) is 0. The normalized spacial score (nSPS) is 12.7. The predicted octanol–water partition coefficient (Wildman–Crippen LogP) is 4.42. The molecule has 0 spiro atoms. The maximum absolute atomic E-state index is 12.4. The van der Waals surface area contributed by atoms with E-state index in [0.717, 1.165) is 40.6 Å². The maximum atomic E-state index is 12.4. The number of furan rings is 1. The third-order valence-electron chi connectivity index (χ3n) is 4.75.